The molecule has 1 aromatic heterocycles. The van der Waals surface area contributed by atoms with E-state index in [4.69, 9.17) is 9.47 Å². The summed E-state index contributed by atoms with van der Waals surface area (Å²) in [6, 6.07) is 6.46. The number of aliphatic hydroxyl groups excluding tert-OH is 1. The van der Waals surface area contributed by atoms with Gasteiger partial charge in [0.2, 0.25) is 0 Å². The third kappa shape index (κ3) is 9.24. The first-order chi connectivity index (χ1) is 20.5. The minimum atomic E-state index is -1.44. The molecule has 3 heterocycles. The number of allylic oxidation sites excluding steroid dienone is 3. The Balaban J connectivity index is 1.48. The second kappa shape index (κ2) is 15.1. The highest BCUT2D eigenvalue weighted by atomic mass is 16.6. The number of hydrogen-bond acceptors (Lipinski definition) is 8. The van der Waals surface area contributed by atoms with E-state index in [1.807, 2.05) is 56.4 Å². The van der Waals surface area contributed by atoms with Crippen LogP contribution in [0.2, 0.25) is 0 Å². The standard InChI is InChI=1S/C34H49N3O6/c1-24(29-13-5-6-18-35-29)9-7-10-25(2)32-26(3)14-15-30(34(4,41)17-16-28(38)23-31(39)43-32)42-33(40)37-21-19-36(20-22-37)27-11-8-12-27/h5-7,9-10,13-15,18,24,26-28,30,32,38,41H,8,11-12,16-17,19-23H2,1-4H3/b9-7+,15-14+,25-10+/t24?,26-,28-,30-,32+,34-/m0/s1. The highest BCUT2D eigenvalue weighted by molar-refractivity contribution is 5.70. The van der Waals surface area contributed by atoms with Gasteiger partial charge in [0.25, 0.3) is 0 Å². The number of rotatable bonds is 6. The predicted molar refractivity (Wildman–Crippen MR) is 165 cm³/mol. The molecule has 0 radical (unpaired) electrons. The van der Waals surface area contributed by atoms with Gasteiger partial charge in [0.1, 0.15) is 11.7 Å². The van der Waals surface area contributed by atoms with E-state index in [0.29, 0.717) is 19.1 Å². The molecule has 9 heteroatoms. The number of aliphatic hydroxyl groups is 2. The number of ether oxygens (including phenoxy) is 2. The Labute approximate surface area is 256 Å². The number of esters is 1. The van der Waals surface area contributed by atoms with Crippen LogP contribution in [0.25, 0.3) is 0 Å². The van der Waals surface area contributed by atoms with Crippen LogP contribution in [-0.4, -0.2) is 93.2 Å². The molecule has 9 nitrogen and oxygen atoms in total. The van der Waals surface area contributed by atoms with Crippen molar-refractivity contribution >= 4 is 12.1 Å². The van der Waals surface area contributed by atoms with Crippen LogP contribution < -0.4 is 0 Å². The van der Waals surface area contributed by atoms with Crippen LogP contribution in [0.15, 0.2) is 60.3 Å². The summed E-state index contributed by atoms with van der Waals surface area (Å²) in [4.78, 5) is 34.6. The van der Waals surface area contributed by atoms with Gasteiger partial charge in [0.15, 0.2) is 6.10 Å². The van der Waals surface area contributed by atoms with E-state index in [1.54, 1.807) is 24.1 Å². The van der Waals surface area contributed by atoms with Gasteiger partial charge in [-0.2, -0.15) is 0 Å². The second-order valence-corrected chi connectivity index (χ2v) is 12.7. The molecular weight excluding hydrogens is 546 g/mol. The van der Waals surface area contributed by atoms with Gasteiger partial charge >= 0.3 is 12.1 Å². The number of hydrogen-bond donors (Lipinski definition) is 2. The van der Waals surface area contributed by atoms with Gasteiger partial charge in [0.05, 0.1) is 12.5 Å². The average molecular weight is 596 g/mol. The van der Waals surface area contributed by atoms with E-state index < -0.39 is 36.0 Å². The van der Waals surface area contributed by atoms with E-state index in [0.717, 1.165) is 24.4 Å². The molecule has 43 heavy (non-hydrogen) atoms. The topological polar surface area (TPSA) is 112 Å². The third-order valence-corrected chi connectivity index (χ3v) is 9.08. The zero-order valence-electron chi connectivity index (χ0n) is 26.1. The van der Waals surface area contributed by atoms with Gasteiger partial charge in [-0.25, -0.2) is 4.79 Å². The van der Waals surface area contributed by atoms with E-state index in [2.05, 4.69) is 16.8 Å². The highest BCUT2D eigenvalue weighted by Gasteiger charge is 2.37. The van der Waals surface area contributed by atoms with Crippen molar-refractivity contribution in [3.8, 4) is 0 Å². The van der Waals surface area contributed by atoms with E-state index in [1.165, 1.54) is 19.3 Å². The molecule has 2 N–H and O–H groups in total. The molecular formula is C34H49N3O6. The number of pyridine rings is 1. The highest BCUT2D eigenvalue weighted by Crippen LogP contribution is 2.29. The van der Waals surface area contributed by atoms with Crippen LogP contribution in [0.3, 0.4) is 0 Å². The lowest BCUT2D eigenvalue weighted by Crippen LogP contribution is -2.54. The van der Waals surface area contributed by atoms with Gasteiger partial charge in [-0.15, -0.1) is 0 Å². The van der Waals surface area contributed by atoms with Crippen LogP contribution in [0.5, 0.6) is 0 Å². The Morgan fingerprint density at radius 1 is 1.19 bits per heavy atom. The lowest BCUT2D eigenvalue weighted by atomic mass is 9.88. The second-order valence-electron chi connectivity index (χ2n) is 12.7. The molecule has 1 saturated carbocycles. The van der Waals surface area contributed by atoms with Gasteiger partial charge in [-0.1, -0.05) is 50.6 Å². The first-order valence-corrected chi connectivity index (χ1v) is 15.8. The van der Waals surface area contributed by atoms with Gasteiger partial charge < -0.3 is 24.6 Å². The fourth-order valence-electron chi connectivity index (χ4n) is 5.87. The molecule has 4 rings (SSSR count). The third-order valence-electron chi connectivity index (χ3n) is 9.08. The molecule has 1 unspecified atom stereocenters. The van der Waals surface area contributed by atoms with Crippen molar-refractivity contribution in [2.45, 2.75) is 102 Å². The van der Waals surface area contributed by atoms with Crippen molar-refractivity contribution in [1.82, 2.24) is 14.8 Å². The number of carbonyl (C=O) groups is 2. The fourth-order valence-corrected chi connectivity index (χ4v) is 5.87. The van der Waals surface area contributed by atoms with Crippen molar-refractivity contribution in [3.05, 3.63) is 66.0 Å². The van der Waals surface area contributed by atoms with E-state index in [9.17, 15) is 19.8 Å². The zero-order chi connectivity index (χ0) is 31.0. The predicted octanol–water partition coefficient (Wildman–Crippen LogP) is 4.76. The number of piperazine rings is 1. The van der Waals surface area contributed by atoms with Crippen molar-refractivity contribution in [2.75, 3.05) is 26.2 Å². The minimum absolute atomic E-state index is 0.107. The number of nitrogens with zero attached hydrogens (tertiary/aromatic N) is 3. The molecule has 0 aromatic carbocycles. The fraction of sp³-hybridized carbons (Fsp3) is 0.618. The average Bonchev–Trinajstić information content (AvgIpc) is 2.96. The van der Waals surface area contributed by atoms with Gasteiger partial charge in [-0.3, -0.25) is 14.7 Å². The molecule has 1 amide bonds. The number of amides is 1. The van der Waals surface area contributed by atoms with Crippen molar-refractivity contribution in [1.29, 1.82) is 0 Å². The smallest absolute Gasteiger partial charge is 0.410 e. The van der Waals surface area contributed by atoms with Crippen LogP contribution in [0.1, 0.15) is 77.8 Å². The molecule has 6 atom stereocenters. The summed E-state index contributed by atoms with van der Waals surface area (Å²) in [5.41, 5.74) is 0.348. The largest absolute Gasteiger partial charge is 0.457 e. The summed E-state index contributed by atoms with van der Waals surface area (Å²) in [5.74, 6) is -0.683. The molecule has 1 saturated heterocycles. The molecule has 236 valence electrons. The Morgan fingerprint density at radius 2 is 1.93 bits per heavy atom. The summed E-state index contributed by atoms with van der Waals surface area (Å²) < 4.78 is 11.8. The summed E-state index contributed by atoms with van der Waals surface area (Å²) in [5, 5.41) is 22.0. The lowest BCUT2D eigenvalue weighted by molar-refractivity contribution is -0.151. The number of carbonyl (C=O) groups excluding carboxylic acids is 2. The van der Waals surface area contributed by atoms with Crippen LogP contribution in [0.4, 0.5) is 4.79 Å². The molecule has 1 aliphatic carbocycles. The minimum Gasteiger partial charge on any atom is -0.457 e. The van der Waals surface area contributed by atoms with Crippen molar-refractivity contribution in [3.63, 3.8) is 0 Å². The molecule has 1 aromatic rings. The quantitative estimate of drug-likeness (QED) is 0.275. The SMILES string of the molecule is C/C(=C\C=C\C(C)c1ccccn1)[C@H]1OC(=O)C[C@@H](O)CC[C@](C)(O)[C@@H](OC(=O)N2CCN(C3CCC3)CC2)/C=C/[C@@H]1C. The monoisotopic (exact) mass is 595 g/mol. The first-order valence-electron chi connectivity index (χ1n) is 15.8. The Kier molecular flexibility index (Phi) is 11.6. The maximum Gasteiger partial charge on any atom is 0.410 e. The normalized spacial score (nSPS) is 31.8. The molecule has 2 aliphatic heterocycles. The molecule has 0 bridgehead atoms. The summed E-state index contributed by atoms with van der Waals surface area (Å²) >= 11 is 0. The lowest BCUT2D eigenvalue weighted by Gasteiger charge is -2.43. The van der Waals surface area contributed by atoms with Crippen molar-refractivity contribution < 1.29 is 29.3 Å². The number of cyclic esters (lactones) is 1. The maximum absolute atomic E-state index is 13.2. The summed E-state index contributed by atoms with van der Waals surface area (Å²) in [7, 11) is 0. The molecule has 2 fully saturated rings. The van der Waals surface area contributed by atoms with Crippen LogP contribution in [0, 0.1) is 5.92 Å². The van der Waals surface area contributed by atoms with Crippen LogP contribution in [-0.2, 0) is 14.3 Å². The van der Waals surface area contributed by atoms with Crippen LogP contribution >= 0.6 is 0 Å². The van der Waals surface area contributed by atoms with E-state index in [-0.39, 0.29) is 31.1 Å². The summed E-state index contributed by atoms with van der Waals surface area (Å²) in [6.07, 6.45) is 12.1. The Morgan fingerprint density at radius 3 is 2.58 bits per heavy atom. The summed E-state index contributed by atoms with van der Waals surface area (Å²) in [6.45, 7) is 10.3. The molecule has 0 spiro atoms. The number of aromatic nitrogens is 1. The Hall–Kier alpha value is -3.01. The maximum atomic E-state index is 13.2. The van der Waals surface area contributed by atoms with Gasteiger partial charge in [-0.05, 0) is 63.3 Å². The molecule has 3 aliphatic rings. The zero-order valence-corrected chi connectivity index (χ0v) is 26.1. The van der Waals surface area contributed by atoms with Crippen molar-refractivity contribution in [2.24, 2.45) is 5.92 Å². The Bertz CT molecular complexity index is 1150. The van der Waals surface area contributed by atoms with E-state index >= 15 is 0 Å². The first kappa shape index (κ1) is 32.9. The van der Waals surface area contributed by atoms with Gasteiger partial charge in [0, 0.05) is 55.9 Å².